The summed E-state index contributed by atoms with van der Waals surface area (Å²) in [7, 11) is 0. The minimum Gasteiger partial charge on any atom is -0.508 e. The highest BCUT2D eigenvalue weighted by Gasteiger charge is 2.25. The summed E-state index contributed by atoms with van der Waals surface area (Å²) in [6.07, 6.45) is 1.54. The quantitative estimate of drug-likeness (QED) is 0.919. The molecule has 1 fully saturated rings. The molecule has 0 bridgehead atoms. The van der Waals surface area contributed by atoms with Gasteiger partial charge in [0.05, 0.1) is 0 Å². The van der Waals surface area contributed by atoms with Crippen LogP contribution in [-0.2, 0) is 11.2 Å². The maximum atomic E-state index is 12.6. The number of aromatic hydroxyl groups is 1. The number of nitrogens with zero attached hydrogens (tertiary/aromatic N) is 3. The summed E-state index contributed by atoms with van der Waals surface area (Å²) in [4.78, 5) is 19.3. The third-order valence-electron chi connectivity index (χ3n) is 5.42. The number of hydrogen-bond donors (Lipinski definition) is 1. The van der Waals surface area contributed by atoms with Crippen molar-refractivity contribution in [2.45, 2.75) is 12.8 Å². The number of phenols is 1. The Kier molecular flexibility index (Phi) is 4.80. The van der Waals surface area contributed by atoms with Crippen LogP contribution < -0.4 is 9.80 Å². The molecule has 5 heteroatoms. The molecule has 1 N–H and O–H groups in total. The number of anilines is 2. The molecule has 4 rings (SSSR count). The van der Waals surface area contributed by atoms with Crippen LogP contribution in [0.4, 0.5) is 11.4 Å². The monoisotopic (exact) mass is 351 g/mol. The summed E-state index contributed by atoms with van der Waals surface area (Å²) in [6.45, 7) is 5.46. The lowest BCUT2D eigenvalue weighted by Gasteiger charge is -2.36. The number of para-hydroxylation sites is 1. The minimum absolute atomic E-state index is 0.232. The first-order valence-electron chi connectivity index (χ1n) is 9.35. The highest BCUT2D eigenvalue weighted by Crippen LogP contribution is 2.28. The van der Waals surface area contributed by atoms with Gasteiger partial charge in [0.2, 0.25) is 5.91 Å². The fourth-order valence-electron chi connectivity index (χ4n) is 3.88. The van der Waals surface area contributed by atoms with Crippen LogP contribution in [0.2, 0.25) is 0 Å². The molecule has 1 amide bonds. The first-order valence-corrected chi connectivity index (χ1v) is 9.35. The van der Waals surface area contributed by atoms with Gasteiger partial charge in [-0.1, -0.05) is 18.2 Å². The van der Waals surface area contributed by atoms with Crippen molar-refractivity contribution in [2.75, 3.05) is 49.1 Å². The van der Waals surface area contributed by atoms with Crippen LogP contribution in [0.15, 0.2) is 48.5 Å². The second-order valence-electron chi connectivity index (χ2n) is 7.02. The molecule has 0 aromatic heterocycles. The van der Waals surface area contributed by atoms with Crippen molar-refractivity contribution < 1.29 is 9.90 Å². The van der Waals surface area contributed by atoms with Crippen LogP contribution in [0.1, 0.15) is 12.0 Å². The molecule has 2 heterocycles. The normalized spacial score (nSPS) is 17.4. The van der Waals surface area contributed by atoms with E-state index in [1.165, 1.54) is 5.56 Å². The van der Waals surface area contributed by atoms with Crippen molar-refractivity contribution in [2.24, 2.45) is 0 Å². The Morgan fingerprint density at radius 2 is 1.65 bits per heavy atom. The van der Waals surface area contributed by atoms with Crippen molar-refractivity contribution in [3.05, 3.63) is 54.1 Å². The summed E-state index contributed by atoms with van der Waals surface area (Å²) in [5.74, 6) is 0.533. The van der Waals surface area contributed by atoms with Crippen LogP contribution in [-0.4, -0.2) is 55.2 Å². The molecule has 2 aromatic rings. The number of carbonyl (C=O) groups is 1. The molecule has 0 atom stereocenters. The molecule has 0 saturated carbocycles. The number of piperazine rings is 1. The van der Waals surface area contributed by atoms with Gasteiger partial charge in [0.15, 0.2) is 0 Å². The third kappa shape index (κ3) is 3.53. The van der Waals surface area contributed by atoms with Gasteiger partial charge in [-0.15, -0.1) is 0 Å². The molecular formula is C21H25N3O2. The Morgan fingerprint density at radius 1 is 0.923 bits per heavy atom. The fraction of sp³-hybridized carbons (Fsp3) is 0.381. The van der Waals surface area contributed by atoms with E-state index in [-0.39, 0.29) is 5.91 Å². The molecule has 1 saturated heterocycles. The lowest BCUT2D eigenvalue weighted by atomic mass is 10.2. The molecular weight excluding hydrogens is 326 g/mol. The number of hydrogen-bond acceptors (Lipinski definition) is 4. The van der Waals surface area contributed by atoms with Gasteiger partial charge < -0.3 is 14.9 Å². The zero-order valence-corrected chi connectivity index (χ0v) is 15.0. The molecule has 0 unspecified atom stereocenters. The topological polar surface area (TPSA) is 47.0 Å². The lowest BCUT2D eigenvalue weighted by molar-refractivity contribution is -0.118. The maximum absolute atomic E-state index is 12.6. The van der Waals surface area contributed by atoms with Crippen LogP contribution in [0.25, 0.3) is 0 Å². The van der Waals surface area contributed by atoms with E-state index in [1.807, 2.05) is 29.2 Å². The van der Waals surface area contributed by atoms with Gasteiger partial charge in [-0.05, 0) is 42.3 Å². The standard InChI is InChI=1S/C21H25N3O2/c25-19-7-5-18(6-8-19)23-15-13-22(14-16-23)11-10-21(26)24-12-9-17-3-1-2-4-20(17)24/h1-8,25H,9-16H2. The molecule has 0 aliphatic carbocycles. The molecule has 26 heavy (non-hydrogen) atoms. The third-order valence-corrected chi connectivity index (χ3v) is 5.42. The zero-order chi connectivity index (χ0) is 17.9. The SMILES string of the molecule is O=C(CCN1CCN(c2ccc(O)cc2)CC1)N1CCc2ccccc21. The number of amides is 1. The Bertz CT molecular complexity index is 767. The maximum Gasteiger partial charge on any atom is 0.228 e. The van der Waals surface area contributed by atoms with E-state index in [0.29, 0.717) is 12.2 Å². The van der Waals surface area contributed by atoms with E-state index in [4.69, 9.17) is 0 Å². The van der Waals surface area contributed by atoms with Crippen LogP contribution in [0.3, 0.4) is 0 Å². The van der Waals surface area contributed by atoms with Gasteiger partial charge in [-0.25, -0.2) is 0 Å². The second kappa shape index (κ2) is 7.38. The molecule has 5 nitrogen and oxygen atoms in total. The van der Waals surface area contributed by atoms with Gasteiger partial charge in [0, 0.05) is 57.1 Å². The molecule has 0 spiro atoms. The van der Waals surface area contributed by atoms with Gasteiger partial charge in [0.25, 0.3) is 0 Å². The average Bonchev–Trinajstić information content (AvgIpc) is 3.11. The number of fused-ring (bicyclic) bond motifs is 1. The van der Waals surface area contributed by atoms with Gasteiger partial charge in [-0.2, -0.15) is 0 Å². The molecule has 2 aliphatic heterocycles. The van der Waals surface area contributed by atoms with Gasteiger partial charge in [0.1, 0.15) is 5.75 Å². The second-order valence-corrected chi connectivity index (χ2v) is 7.02. The summed E-state index contributed by atoms with van der Waals surface area (Å²) in [5, 5.41) is 9.41. The van der Waals surface area contributed by atoms with Crippen molar-refractivity contribution >= 4 is 17.3 Å². The van der Waals surface area contributed by atoms with E-state index in [0.717, 1.165) is 57.1 Å². The number of phenolic OH excluding ortho intramolecular Hbond substituents is 1. The first-order chi connectivity index (χ1) is 12.7. The highest BCUT2D eigenvalue weighted by atomic mass is 16.3. The van der Waals surface area contributed by atoms with E-state index in [1.54, 1.807) is 12.1 Å². The minimum atomic E-state index is 0.232. The number of benzene rings is 2. The zero-order valence-electron chi connectivity index (χ0n) is 15.0. The van der Waals surface area contributed by atoms with E-state index < -0.39 is 0 Å². The summed E-state index contributed by atoms with van der Waals surface area (Å²) in [5.41, 5.74) is 3.52. The Morgan fingerprint density at radius 3 is 2.42 bits per heavy atom. The summed E-state index contributed by atoms with van der Waals surface area (Å²) in [6, 6.07) is 15.6. The van der Waals surface area contributed by atoms with Crippen molar-refractivity contribution in [3.8, 4) is 5.75 Å². The molecule has 0 radical (unpaired) electrons. The predicted octanol–water partition coefficient (Wildman–Crippen LogP) is 2.49. The Hall–Kier alpha value is -2.53. The van der Waals surface area contributed by atoms with Crippen molar-refractivity contribution in [3.63, 3.8) is 0 Å². The summed E-state index contributed by atoms with van der Waals surface area (Å²) < 4.78 is 0. The van der Waals surface area contributed by atoms with Crippen LogP contribution >= 0.6 is 0 Å². The van der Waals surface area contributed by atoms with Crippen LogP contribution in [0.5, 0.6) is 5.75 Å². The molecule has 136 valence electrons. The number of rotatable bonds is 4. The largest absolute Gasteiger partial charge is 0.508 e. The lowest BCUT2D eigenvalue weighted by Crippen LogP contribution is -2.47. The van der Waals surface area contributed by atoms with Crippen molar-refractivity contribution in [1.82, 2.24) is 4.90 Å². The number of carbonyl (C=O) groups excluding carboxylic acids is 1. The van der Waals surface area contributed by atoms with Gasteiger partial charge >= 0.3 is 0 Å². The van der Waals surface area contributed by atoms with E-state index in [2.05, 4.69) is 21.9 Å². The highest BCUT2D eigenvalue weighted by molar-refractivity contribution is 5.95. The molecule has 2 aliphatic rings. The Balaban J connectivity index is 1.26. The average molecular weight is 351 g/mol. The Labute approximate surface area is 154 Å². The predicted molar refractivity (Wildman–Crippen MR) is 104 cm³/mol. The fourth-order valence-corrected chi connectivity index (χ4v) is 3.88. The smallest absolute Gasteiger partial charge is 0.228 e. The van der Waals surface area contributed by atoms with E-state index in [9.17, 15) is 9.90 Å². The van der Waals surface area contributed by atoms with Crippen molar-refractivity contribution in [1.29, 1.82) is 0 Å². The van der Waals surface area contributed by atoms with E-state index >= 15 is 0 Å². The first kappa shape index (κ1) is 16.9. The summed E-state index contributed by atoms with van der Waals surface area (Å²) >= 11 is 0. The van der Waals surface area contributed by atoms with Crippen LogP contribution in [0, 0.1) is 0 Å². The van der Waals surface area contributed by atoms with Gasteiger partial charge in [-0.3, -0.25) is 9.69 Å². The molecule has 2 aromatic carbocycles.